The highest BCUT2D eigenvalue weighted by molar-refractivity contribution is 6.31. The highest BCUT2D eigenvalue weighted by Crippen LogP contribution is 2.21. The summed E-state index contributed by atoms with van der Waals surface area (Å²) in [7, 11) is 0. The van der Waals surface area contributed by atoms with Crippen LogP contribution in [0, 0.1) is 19.3 Å². The van der Waals surface area contributed by atoms with Gasteiger partial charge in [0.2, 0.25) is 5.91 Å². The third-order valence-electron chi connectivity index (χ3n) is 2.33. The van der Waals surface area contributed by atoms with Crippen molar-refractivity contribution >= 4 is 17.5 Å². The molecule has 4 heteroatoms. The molecule has 3 nitrogen and oxygen atoms in total. The zero-order chi connectivity index (χ0) is 13.4. The van der Waals surface area contributed by atoms with E-state index in [2.05, 4.69) is 11.2 Å². The molecule has 0 spiro atoms. The first-order chi connectivity index (χ1) is 8.63. The van der Waals surface area contributed by atoms with Gasteiger partial charge in [0.1, 0.15) is 5.75 Å². The fraction of sp³-hybridized carbons (Fsp3) is 0.357. The minimum absolute atomic E-state index is 0.0520. The van der Waals surface area contributed by atoms with Gasteiger partial charge in [-0.2, -0.15) is 0 Å². The van der Waals surface area contributed by atoms with E-state index in [9.17, 15) is 4.79 Å². The number of halogens is 1. The third-order valence-corrected chi connectivity index (χ3v) is 2.76. The second-order valence-electron chi connectivity index (χ2n) is 3.84. The van der Waals surface area contributed by atoms with Crippen LogP contribution in [0.5, 0.6) is 5.75 Å². The van der Waals surface area contributed by atoms with E-state index >= 15 is 0 Å². The first-order valence-electron chi connectivity index (χ1n) is 5.72. The van der Waals surface area contributed by atoms with E-state index in [0.29, 0.717) is 19.4 Å². The molecule has 1 aromatic carbocycles. The van der Waals surface area contributed by atoms with Gasteiger partial charge in [-0.1, -0.05) is 17.5 Å². The third kappa shape index (κ3) is 5.11. The number of carbonyl (C=O) groups excluding carboxylic acids is 1. The number of rotatable bonds is 6. The van der Waals surface area contributed by atoms with Crippen molar-refractivity contribution in [3.8, 4) is 18.1 Å². The zero-order valence-corrected chi connectivity index (χ0v) is 11.1. The Hall–Kier alpha value is -1.66. The Labute approximate surface area is 112 Å². The van der Waals surface area contributed by atoms with E-state index in [1.165, 1.54) is 0 Å². The van der Waals surface area contributed by atoms with E-state index in [0.717, 1.165) is 16.3 Å². The van der Waals surface area contributed by atoms with Crippen LogP contribution in [0.2, 0.25) is 5.02 Å². The van der Waals surface area contributed by atoms with Crippen LogP contribution in [0.3, 0.4) is 0 Å². The average Bonchev–Trinajstić information content (AvgIpc) is 2.36. The highest BCUT2D eigenvalue weighted by atomic mass is 35.5. The summed E-state index contributed by atoms with van der Waals surface area (Å²) in [6.07, 6.45) is 6.10. The Bertz CT molecular complexity index is 452. The van der Waals surface area contributed by atoms with Gasteiger partial charge in [-0.3, -0.25) is 4.79 Å². The molecule has 0 aromatic heterocycles. The van der Waals surface area contributed by atoms with Crippen LogP contribution < -0.4 is 10.1 Å². The lowest BCUT2D eigenvalue weighted by Gasteiger charge is -2.07. The van der Waals surface area contributed by atoms with Crippen LogP contribution in [0.4, 0.5) is 0 Å². The van der Waals surface area contributed by atoms with Gasteiger partial charge in [0, 0.05) is 11.4 Å². The maximum absolute atomic E-state index is 11.2. The number of carbonyl (C=O) groups is 1. The van der Waals surface area contributed by atoms with Crippen LogP contribution in [-0.4, -0.2) is 19.1 Å². The van der Waals surface area contributed by atoms with E-state index in [4.69, 9.17) is 22.8 Å². The summed E-state index contributed by atoms with van der Waals surface area (Å²) in [5.41, 5.74) is 0.973. The van der Waals surface area contributed by atoms with E-state index < -0.39 is 0 Å². The van der Waals surface area contributed by atoms with E-state index in [1.807, 2.05) is 19.1 Å². The van der Waals surface area contributed by atoms with Gasteiger partial charge >= 0.3 is 0 Å². The Morgan fingerprint density at radius 3 is 3.00 bits per heavy atom. The lowest BCUT2D eigenvalue weighted by atomic mass is 10.2. The summed E-state index contributed by atoms with van der Waals surface area (Å²) < 4.78 is 5.52. The summed E-state index contributed by atoms with van der Waals surface area (Å²) in [5.74, 6) is 3.06. The summed E-state index contributed by atoms with van der Waals surface area (Å²) in [6, 6.07) is 5.49. The van der Waals surface area contributed by atoms with Crippen molar-refractivity contribution in [1.29, 1.82) is 0 Å². The Morgan fingerprint density at radius 1 is 1.56 bits per heavy atom. The smallest absolute Gasteiger partial charge is 0.220 e. The molecule has 96 valence electrons. The summed E-state index contributed by atoms with van der Waals surface area (Å²) in [6.45, 7) is 2.68. The Kier molecular flexibility index (Phi) is 6.10. The molecule has 0 bridgehead atoms. The molecule has 1 rings (SSSR count). The van der Waals surface area contributed by atoms with Gasteiger partial charge in [-0.05, 0) is 37.1 Å². The fourth-order valence-corrected chi connectivity index (χ4v) is 1.49. The summed E-state index contributed by atoms with van der Waals surface area (Å²) >= 11 is 5.91. The highest BCUT2D eigenvalue weighted by Gasteiger charge is 2.01. The van der Waals surface area contributed by atoms with Gasteiger partial charge in [-0.25, -0.2) is 0 Å². The maximum Gasteiger partial charge on any atom is 0.220 e. The van der Waals surface area contributed by atoms with Gasteiger partial charge in [0.25, 0.3) is 0 Å². The molecule has 0 saturated carbocycles. The topological polar surface area (TPSA) is 38.3 Å². The van der Waals surface area contributed by atoms with Crippen LogP contribution >= 0.6 is 11.6 Å². The molecule has 0 saturated heterocycles. The minimum atomic E-state index is -0.0520. The van der Waals surface area contributed by atoms with Crippen LogP contribution in [-0.2, 0) is 4.79 Å². The van der Waals surface area contributed by atoms with Crippen LogP contribution in [0.1, 0.15) is 18.4 Å². The number of benzene rings is 1. The minimum Gasteiger partial charge on any atom is -0.494 e. The van der Waals surface area contributed by atoms with Crippen molar-refractivity contribution in [2.24, 2.45) is 0 Å². The number of ether oxygens (including phenoxy) is 1. The molecule has 0 aliphatic carbocycles. The van der Waals surface area contributed by atoms with Crippen LogP contribution in [0.15, 0.2) is 18.2 Å². The molecule has 0 fully saturated rings. The SMILES string of the molecule is C#CCNC(=O)CCCOc1ccc(Cl)c(C)c1. The van der Waals surface area contributed by atoms with Gasteiger partial charge in [0.05, 0.1) is 13.2 Å². The molecule has 0 aliphatic heterocycles. The normalized spacial score (nSPS) is 9.61. The van der Waals surface area contributed by atoms with Gasteiger partial charge in [-0.15, -0.1) is 6.42 Å². The van der Waals surface area contributed by atoms with Crippen molar-refractivity contribution in [2.45, 2.75) is 19.8 Å². The Balaban J connectivity index is 2.24. The largest absolute Gasteiger partial charge is 0.494 e. The molecule has 1 aromatic rings. The molecule has 1 N–H and O–H groups in total. The number of nitrogens with one attached hydrogen (secondary N) is 1. The summed E-state index contributed by atoms with van der Waals surface area (Å²) in [5, 5.41) is 3.32. The monoisotopic (exact) mass is 265 g/mol. The lowest BCUT2D eigenvalue weighted by molar-refractivity contribution is -0.121. The fourth-order valence-electron chi connectivity index (χ4n) is 1.37. The molecule has 0 atom stereocenters. The van der Waals surface area contributed by atoms with Crippen molar-refractivity contribution in [3.63, 3.8) is 0 Å². The van der Waals surface area contributed by atoms with Crippen molar-refractivity contribution < 1.29 is 9.53 Å². The number of hydrogen-bond donors (Lipinski definition) is 1. The zero-order valence-electron chi connectivity index (χ0n) is 10.3. The number of amides is 1. The molecule has 0 aliphatic rings. The van der Waals surface area contributed by atoms with E-state index in [1.54, 1.807) is 6.07 Å². The Morgan fingerprint density at radius 2 is 2.33 bits per heavy atom. The quantitative estimate of drug-likeness (QED) is 0.634. The number of terminal acetylenes is 1. The first-order valence-corrected chi connectivity index (χ1v) is 6.10. The molecular weight excluding hydrogens is 250 g/mol. The molecular formula is C14H16ClNO2. The van der Waals surface area contributed by atoms with Crippen LogP contribution in [0.25, 0.3) is 0 Å². The molecule has 0 radical (unpaired) electrons. The predicted octanol–water partition coefficient (Wildman–Crippen LogP) is 2.56. The predicted molar refractivity (Wildman–Crippen MR) is 72.8 cm³/mol. The second-order valence-corrected chi connectivity index (χ2v) is 4.25. The number of aryl methyl sites for hydroxylation is 1. The average molecular weight is 266 g/mol. The maximum atomic E-state index is 11.2. The second kappa shape index (κ2) is 7.62. The van der Waals surface area contributed by atoms with Crippen molar-refractivity contribution in [2.75, 3.05) is 13.2 Å². The van der Waals surface area contributed by atoms with E-state index in [-0.39, 0.29) is 12.5 Å². The van der Waals surface area contributed by atoms with Crippen molar-refractivity contribution in [1.82, 2.24) is 5.32 Å². The lowest BCUT2D eigenvalue weighted by Crippen LogP contribution is -2.23. The van der Waals surface area contributed by atoms with Crippen molar-refractivity contribution in [3.05, 3.63) is 28.8 Å². The molecule has 0 unspecified atom stereocenters. The molecule has 18 heavy (non-hydrogen) atoms. The summed E-state index contributed by atoms with van der Waals surface area (Å²) in [4.78, 5) is 11.2. The van der Waals surface area contributed by atoms with Gasteiger partial charge < -0.3 is 10.1 Å². The van der Waals surface area contributed by atoms with Gasteiger partial charge in [0.15, 0.2) is 0 Å². The molecule has 1 amide bonds. The standard InChI is InChI=1S/C14H16ClNO2/c1-3-8-16-14(17)5-4-9-18-12-6-7-13(15)11(2)10-12/h1,6-7,10H,4-5,8-9H2,2H3,(H,16,17). The molecule has 0 heterocycles. The number of hydrogen-bond acceptors (Lipinski definition) is 2. The first kappa shape index (κ1) is 14.4.